The largest absolute Gasteiger partial charge is 0.393 e. The van der Waals surface area contributed by atoms with Crippen molar-refractivity contribution in [1.82, 2.24) is 5.32 Å². The van der Waals surface area contributed by atoms with Crippen LogP contribution in [0.4, 0.5) is 0 Å². The first-order valence-electron chi connectivity index (χ1n) is 8.67. The van der Waals surface area contributed by atoms with Crippen molar-refractivity contribution in [3.05, 3.63) is 47.0 Å². The second-order valence-corrected chi connectivity index (χ2v) is 6.87. The molecule has 0 aromatic heterocycles. The minimum atomic E-state index is -0.544. The predicted molar refractivity (Wildman–Crippen MR) is 98.6 cm³/mol. The van der Waals surface area contributed by atoms with E-state index in [1.165, 1.54) is 27.5 Å². The van der Waals surface area contributed by atoms with Crippen LogP contribution in [0.1, 0.15) is 37.0 Å². The van der Waals surface area contributed by atoms with Gasteiger partial charge in [0.15, 0.2) is 0 Å². The van der Waals surface area contributed by atoms with E-state index < -0.39 is 6.10 Å². The maximum absolute atomic E-state index is 9.88. The number of hydrogen-bond donors (Lipinski definition) is 2. The summed E-state index contributed by atoms with van der Waals surface area (Å²) in [5, 5.41) is 19.9. The van der Waals surface area contributed by atoms with Gasteiger partial charge < -0.3 is 15.3 Å². The van der Waals surface area contributed by atoms with Gasteiger partial charge in [0.2, 0.25) is 0 Å². The number of hydrogen-bond acceptors (Lipinski definition) is 4. The Labute approximate surface area is 143 Å². The summed E-state index contributed by atoms with van der Waals surface area (Å²) in [5.74, 6) is 0. The summed E-state index contributed by atoms with van der Waals surface area (Å²) in [4.78, 5) is 5.40. The molecule has 2 N–H and O–H groups in total. The molecule has 1 atom stereocenters. The molecular formula is C20H26N2O2. The molecular weight excluding hydrogens is 300 g/mol. The van der Waals surface area contributed by atoms with Gasteiger partial charge in [-0.15, -0.1) is 0 Å². The molecule has 0 saturated carbocycles. The highest BCUT2D eigenvalue weighted by molar-refractivity contribution is 6.08. The lowest BCUT2D eigenvalue weighted by Crippen LogP contribution is -2.34. The monoisotopic (exact) mass is 326 g/mol. The van der Waals surface area contributed by atoms with Crippen LogP contribution in [0.15, 0.2) is 35.5 Å². The number of rotatable bonds is 6. The van der Waals surface area contributed by atoms with Crippen LogP contribution in [-0.2, 0) is 11.3 Å². The molecule has 128 valence electrons. The average Bonchev–Trinajstić information content (AvgIpc) is 2.96. The quantitative estimate of drug-likeness (QED) is 0.802. The van der Waals surface area contributed by atoms with Crippen LogP contribution in [0.5, 0.6) is 0 Å². The average molecular weight is 326 g/mol. The van der Waals surface area contributed by atoms with Crippen LogP contribution in [0.25, 0.3) is 10.8 Å². The summed E-state index contributed by atoms with van der Waals surface area (Å²) in [7, 11) is 0. The van der Waals surface area contributed by atoms with Crippen molar-refractivity contribution < 1.29 is 9.94 Å². The summed E-state index contributed by atoms with van der Waals surface area (Å²) < 4.78 is 0. The van der Waals surface area contributed by atoms with Crippen molar-refractivity contribution in [3.63, 3.8) is 0 Å². The molecule has 0 spiro atoms. The standard InChI is InChI=1S/C20H26N2O2/c1-13(2)21-11-16(23)12-24-22-20-9-8-18-17-6-4-14(3)10-15(17)5-7-19(18)20/h4-7,10,13,16,21,23H,8-9,11-12H2,1-3H3/b22-20+. The zero-order chi connectivity index (χ0) is 17.1. The maximum Gasteiger partial charge on any atom is 0.144 e. The van der Waals surface area contributed by atoms with Crippen molar-refractivity contribution in [2.24, 2.45) is 5.16 Å². The number of aliphatic hydroxyl groups excluding tert-OH is 1. The van der Waals surface area contributed by atoms with Gasteiger partial charge in [-0.3, -0.25) is 0 Å². The first-order chi connectivity index (χ1) is 11.5. The van der Waals surface area contributed by atoms with E-state index in [4.69, 9.17) is 4.84 Å². The van der Waals surface area contributed by atoms with E-state index in [1.807, 2.05) is 0 Å². The number of fused-ring (bicyclic) bond motifs is 3. The Kier molecular flexibility index (Phi) is 5.17. The third-order valence-electron chi connectivity index (χ3n) is 4.41. The summed E-state index contributed by atoms with van der Waals surface area (Å²) in [6.07, 6.45) is 1.34. The Morgan fingerprint density at radius 2 is 2.04 bits per heavy atom. The second-order valence-electron chi connectivity index (χ2n) is 6.87. The van der Waals surface area contributed by atoms with Crippen molar-refractivity contribution in [3.8, 4) is 0 Å². The Morgan fingerprint density at radius 1 is 1.21 bits per heavy atom. The molecule has 3 rings (SSSR count). The van der Waals surface area contributed by atoms with Crippen LogP contribution in [0.3, 0.4) is 0 Å². The molecule has 1 aliphatic rings. The molecule has 4 heteroatoms. The molecule has 0 heterocycles. The van der Waals surface area contributed by atoms with Gasteiger partial charge in [0, 0.05) is 18.2 Å². The minimum Gasteiger partial charge on any atom is -0.393 e. The molecule has 4 nitrogen and oxygen atoms in total. The van der Waals surface area contributed by atoms with Crippen molar-refractivity contribution >= 4 is 16.5 Å². The van der Waals surface area contributed by atoms with E-state index in [9.17, 15) is 5.11 Å². The topological polar surface area (TPSA) is 53.9 Å². The van der Waals surface area contributed by atoms with Crippen LogP contribution in [-0.4, -0.2) is 36.1 Å². The van der Waals surface area contributed by atoms with E-state index >= 15 is 0 Å². The highest BCUT2D eigenvalue weighted by atomic mass is 16.6. The van der Waals surface area contributed by atoms with Crippen LogP contribution in [0, 0.1) is 6.92 Å². The zero-order valence-electron chi connectivity index (χ0n) is 14.7. The molecule has 0 saturated heterocycles. The normalized spacial score (nSPS) is 16.8. The highest BCUT2D eigenvalue weighted by Gasteiger charge is 2.20. The van der Waals surface area contributed by atoms with Gasteiger partial charge in [0.05, 0.1) is 5.71 Å². The fourth-order valence-corrected chi connectivity index (χ4v) is 3.16. The summed E-state index contributed by atoms with van der Waals surface area (Å²) in [6.45, 7) is 6.95. The third-order valence-corrected chi connectivity index (χ3v) is 4.41. The van der Waals surface area contributed by atoms with Crippen LogP contribution in [0.2, 0.25) is 0 Å². The van der Waals surface area contributed by atoms with E-state index in [2.05, 4.69) is 61.6 Å². The number of aliphatic hydroxyl groups is 1. The fraction of sp³-hybridized carbons (Fsp3) is 0.450. The minimum absolute atomic E-state index is 0.214. The smallest absolute Gasteiger partial charge is 0.144 e. The molecule has 2 aromatic carbocycles. The van der Waals surface area contributed by atoms with Gasteiger partial charge in [0.1, 0.15) is 12.7 Å². The van der Waals surface area contributed by atoms with Crippen molar-refractivity contribution in [1.29, 1.82) is 0 Å². The molecule has 0 fully saturated rings. The Bertz CT molecular complexity index is 753. The molecule has 2 aromatic rings. The number of benzene rings is 2. The van der Waals surface area contributed by atoms with Gasteiger partial charge in [-0.25, -0.2) is 0 Å². The Morgan fingerprint density at radius 3 is 2.83 bits per heavy atom. The van der Waals surface area contributed by atoms with E-state index in [0.717, 1.165) is 18.6 Å². The molecule has 24 heavy (non-hydrogen) atoms. The van der Waals surface area contributed by atoms with Crippen LogP contribution >= 0.6 is 0 Å². The first kappa shape index (κ1) is 16.9. The molecule has 0 radical (unpaired) electrons. The summed E-state index contributed by atoms with van der Waals surface area (Å²) in [5.41, 5.74) is 4.80. The lowest BCUT2D eigenvalue weighted by Gasteiger charge is -2.13. The second kappa shape index (κ2) is 7.32. The number of nitrogens with one attached hydrogen (secondary N) is 1. The van der Waals surface area contributed by atoms with Gasteiger partial charge >= 0.3 is 0 Å². The van der Waals surface area contributed by atoms with Gasteiger partial charge in [-0.2, -0.15) is 0 Å². The Balaban J connectivity index is 1.69. The number of oxime groups is 1. The maximum atomic E-state index is 9.88. The zero-order valence-corrected chi connectivity index (χ0v) is 14.7. The first-order valence-corrected chi connectivity index (χ1v) is 8.67. The molecule has 1 unspecified atom stereocenters. The predicted octanol–water partition coefficient (Wildman–Crippen LogP) is 3.17. The molecule has 0 aliphatic heterocycles. The SMILES string of the molecule is Cc1ccc2c3c(ccc2c1)/C(=N/OCC(O)CNC(C)C)CC3. The Hall–Kier alpha value is -1.91. The van der Waals surface area contributed by atoms with Gasteiger partial charge in [-0.05, 0) is 36.1 Å². The van der Waals surface area contributed by atoms with Gasteiger partial charge in [-0.1, -0.05) is 54.9 Å². The van der Waals surface area contributed by atoms with E-state index in [0.29, 0.717) is 12.6 Å². The van der Waals surface area contributed by atoms with E-state index in [1.54, 1.807) is 0 Å². The summed E-state index contributed by atoms with van der Waals surface area (Å²) >= 11 is 0. The lowest BCUT2D eigenvalue weighted by molar-refractivity contribution is 0.0393. The molecule has 0 bridgehead atoms. The summed E-state index contributed by atoms with van der Waals surface area (Å²) in [6, 6.07) is 11.2. The van der Waals surface area contributed by atoms with Gasteiger partial charge in [0.25, 0.3) is 0 Å². The fourth-order valence-electron chi connectivity index (χ4n) is 3.16. The highest BCUT2D eigenvalue weighted by Crippen LogP contribution is 2.30. The van der Waals surface area contributed by atoms with Crippen molar-refractivity contribution in [2.45, 2.75) is 45.8 Å². The number of nitrogens with zero attached hydrogens (tertiary/aromatic N) is 1. The molecule has 0 amide bonds. The van der Waals surface area contributed by atoms with Crippen LogP contribution < -0.4 is 5.32 Å². The lowest BCUT2D eigenvalue weighted by atomic mass is 9.99. The molecule has 1 aliphatic carbocycles. The van der Waals surface area contributed by atoms with Crippen molar-refractivity contribution in [2.75, 3.05) is 13.2 Å². The number of aryl methyl sites for hydroxylation is 2. The van der Waals surface area contributed by atoms with E-state index in [-0.39, 0.29) is 6.61 Å². The third kappa shape index (κ3) is 3.77.